The first-order chi connectivity index (χ1) is 11.6. The van der Waals surface area contributed by atoms with Crippen LogP contribution >= 0.6 is 0 Å². The van der Waals surface area contributed by atoms with Gasteiger partial charge in [0.05, 0.1) is 0 Å². The first-order valence-electron chi connectivity index (χ1n) is 6.84. The van der Waals surface area contributed by atoms with Crippen LogP contribution in [0.15, 0.2) is 36.4 Å². The van der Waals surface area contributed by atoms with E-state index in [1.54, 1.807) is 0 Å². The minimum absolute atomic E-state index is 0.0191. The van der Waals surface area contributed by atoms with E-state index in [9.17, 15) is 26.3 Å². The zero-order valence-corrected chi connectivity index (χ0v) is 12.5. The molecule has 0 unspecified atom stereocenters. The van der Waals surface area contributed by atoms with Gasteiger partial charge in [-0.3, -0.25) is 4.40 Å². The van der Waals surface area contributed by atoms with Crippen LogP contribution in [0.3, 0.4) is 0 Å². The van der Waals surface area contributed by atoms with Crippen molar-refractivity contribution in [3.05, 3.63) is 47.9 Å². The molecule has 0 spiro atoms. The van der Waals surface area contributed by atoms with Gasteiger partial charge in [0.2, 0.25) is 5.82 Å². The Balaban J connectivity index is 2.06. The summed E-state index contributed by atoms with van der Waals surface area (Å²) < 4.78 is 80.2. The number of aromatic nitrogens is 3. The fourth-order valence-electron chi connectivity index (χ4n) is 2.46. The Morgan fingerprint density at radius 1 is 0.880 bits per heavy atom. The molecule has 1 aromatic carbocycles. The topological polar surface area (TPSA) is 39.4 Å². The lowest BCUT2D eigenvalue weighted by molar-refractivity contribution is -0.274. The van der Waals surface area contributed by atoms with Crippen LogP contribution in [-0.2, 0) is 6.18 Å². The van der Waals surface area contributed by atoms with Crippen molar-refractivity contribution < 1.29 is 31.1 Å². The van der Waals surface area contributed by atoms with E-state index in [4.69, 9.17) is 0 Å². The predicted molar refractivity (Wildman–Crippen MR) is 74.8 cm³/mol. The zero-order chi connectivity index (χ0) is 18.4. The van der Waals surface area contributed by atoms with Crippen LogP contribution in [0.1, 0.15) is 11.5 Å². The Morgan fingerprint density at radius 2 is 1.52 bits per heavy atom. The summed E-state index contributed by atoms with van der Waals surface area (Å²) in [7, 11) is 0. The van der Waals surface area contributed by atoms with Crippen molar-refractivity contribution >= 4 is 5.65 Å². The maximum atomic E-state index is 13.0. The Morgan fingerprint density at radius 3 is 2.08 bits per heavy atom. The normalized spacial score (nSPS) is 12.6. The van der Waals surface area contributed by atoms with E-state index < -0.39 is 24.1 Å². The lowest BCUT2D eigenvalue weighted by Gasteiger charge is -2.12. The molecule has 0 fully saturated rings. The average Bonchev–Trinajstić information content (AvgIpc) is 2.92. The van der Waals surface area contributed by atoms with Gasteiger partial charge >= 0.3 is 12.5 Å². The zero-order valence-electron chi connectivity index (χ0n) is 12.5. The Hall–Kier alpha value is -2.78. The number of halogens is 6. The molecule has 2 aromatic heterocycles. The average molecular weight is 361 g/mol. The highest BCUT2D eigenvalue weighted by atomic mass is 19.4. The van der Waals surface area contributed by atoms with Gasteiger partial charge in [-0.05, 0) is 36.8 Å². The van der Waals surface area contributed by atoms with E-state index in [1.165, 1.54) is 31.2 Å². The highest BCUT2D eigenvalue weighted by Gasteiger charge is 2.37. The van der Waals surface area contributed by atoms with Crippen molar-refractivity contribution in [2.45, 2.75) is 19.5 Å². The van der Waals surface area contributed by atoms with Gasteiger partial charge in [0.1, 0.15) is 5.75 Å². The summed E-state index contributed by atoms with van der Waals surface area (Å²) in [6, 6.07) is 7.70. The predicted octanol–water partition coefficient (Wildman–Crippen LogP) is 4.62. The van der Waals surface area contributed by atoms with Gasteiger partial charge in [0.15, 0.2) is 5.65 Å². The molecule has 4 nitrogen and oxygen atoms in total. The molecule has 132 valence electrons. The van der Waals surface area contributed by atoms with Gasteiger partial charge in [-0.25, -0.2) is 0 Å². The summed E-state index contributed by atoms with van der Waals surface area (Å²) in [5.41, 5.74) is 1.05. The van der Waals surface area contributed by atoms with E-state index in [0.717, 1.165) is 16.5 Å². The van der Waals surface area contributed by atoms with Gasteiger partial charge in [0.25, 0.3) is 0 Å². The van der Waals surface area contributed by atoms with Crippen molar-refractivity contribution in [2.75, 3.05) is 0 Å². The maximum Gasteiger partial charge on any atom is 0.573 e. The molecular weight excluding hydrogens is 352 g/mol. The number of aryl methyl sites for hydroxylation is 1. The molecule has 0 aliphatic rings. The minimum atomic E-state index is -4.82. The number of rotatable bonds is 2. The second-order valence-electron chi connectivity index (χ2n) is 5.12. The largest absolute Gasteiger partial charge is 0.573 e. The number of pyridine rings is 1. The molecule has 10 heteroatoms. The van der Waals surface area contributed by atoms with Crippen molar-refractivity contribution in [2.24, 2.45) is 0 Å². The molecule has 0 aliphatic carbocycles. The quantitative estimate of drug-likeness (QED) is 0.625. The molecular formula is C15H9F6N3O. The number of alkyl halides is 6. The molecule has 0 saturated heterocycles. The fraction of sp³-hybridized carbons (Fsp3) is 0.200. The number of hydrogen-bond donors (Lipinski definition) is 0. The van der Waals surface area contributed by atoms with Crippen LogP contribution < -0.4 is 4.74 Å². The second kappa shape index (κ2) is 5.64. The molecule has 0 atom stereocenters. The number of ether oxygens (including phenoxy) is 1. The van der Waals surface area contributed by atoms with Crippen molar-refractivity contribution in [1.82, 2.24) is 14.6 Å². The molecule has 0 bridgehead atoms. The number of fused-ring (bicyclic) bond motifs is 1. The first kappa shape index (κ1) is 17.1. The van der Waals surface area contributed by atoms with Crippen molar-refractivity contribution in [3.8, 4) is 16.9 Å². The lowest BCUT2D eigenvalue weighted by Crippen LogP contribution is -2.16. The van der Waals surface area contributed by atoms with E-state index >= 15 is 0 Å². The van der Waals surface area contributed by atoms with Crippen LogP contribution in [0.4, 0.5) is 26.3 Å². The standard InChI is InChI=1S/C15H9F6N3O/c1-8-11(9-2-4-10(5-3-9)25-15(19,20)21)6-7-12-22-23-13(24(8)12)14(16,17)18/h2-7H,1H3. The minimum Gasteiger partial charge on any atom is -0.406 e. The number of hydrogen-bond acceptors (Lipinski definition) is 3. The molecule has 0 N–H and O–H groups in total. The van der Waals surface area contributed by atoms with Gasteiger partial charge in [-0.15, -0.1) is 23.4 Å². The second-order valence-corrected chi connectivity index (χ2v) is 5.12. The van der Waals surface area contributed by atoms with Crippen LogP contribution in [0.5, 0.6) is 5.75 Å². The van der Waals surface area contributed by atoms with Crippen molar-refractivity contribution in [3.63, 3.8) is 0 Å². The van der Waals surface area contributed by atoms with E-state index in [-0.39, 0.29) is 11.3 Å². The third-order valence-electron chi connectivity index (χ3n) is 3.46. The molecule has 0 saturated carbocycles. The van der Waals surface area contributed by atoms with Gasteiger partial charge in [0, 0.05) is 11.3 Å². The molecule has 3 aromatic rings. The third kappa shape index (κ3) is 3.37. The van der Waals surface area contributed by atoms with Gasteiger partial charge in [-0.1, -0.05) is 12.1 Å². The van der Waals surface area contributed by atoms with Gasteiger partial charge in [-0.2, -0.15) is 13.2 Å². The molecule has 3 rings (SSSR count). The SMILES string of the molecule is Cc1c(-c2ccc(OC(F)(F)F)cc2)ccc2nnc(C(F)(F)F)n12. The molecule has 0 amide bonds. The molecule has 2 heterocycles. The fourth-order valence-corrected chi connectivity index (χ4v) is 2.46. The molecule has 0 radical (unpaired) electrons. The summed E-state index contributed by atoms with van der Waals surface area (Å²) in [4.78, 5) is 0. The summed E-state index contributed by atoms with van der Waals surface area (Å²) in [5, 5.41) is 6.64. The maximum absolute atomic E-state index is 13.0. The summed E-state index contributed by atoms with van der Waals surface area (Å²) in [6.45, 7) is 1.45. The number of benzene rings is 1. The Bertz CT molecular complexity index is 912. The Kier molecular flexibility index (Phi) is 3.85. The monoisotopic (exact) mass is 361 g/mol. The highest BCUT2D eigenvalue weighted by molar-refractivity contribution is 5.68. The van der Waals surface area contributed by atoms with E-state index in [0.29, 0.717) is 11.1 Å². The van der Waals surface area contributed by atoms with E-state index in [2.05, 4.69) is 14.9 Å². The van der Waals surface area contributed by atoms with Gasteiger partial charge < -0.3 is 4.74 Å². The summed E-state index contributed by atoms with van der Waals surface area (Å²) >= 11 is 0. The number of nitrogens with zero attached hydrogens (tertiary/aromatic N) is 3. The highest BCUT2D eigenvalue weighted by Crippen LogP contribution is 2.32. The first-order valence-corrected chi connectivity index (χ1v) is 6.84. The summed E-state index contributed by atoms with van der Waals surface area (Å²) in [6.07, 6.45) is -9.51. The van der Waals surface area contributed by atoms with E-state index in [1.807, 2.05) is 0 Å². The van der Waals surface area contributed by atoms with Crippen molar-refractivity contribution in [1.29, 1.82) is 0 Å². The lowest BCUT2D eigenvalue weighted by atomic mass is 10.0. The third-order valence-corrected chi connectivity index (χ3v) is 3.46. The van der Waals surface area contributed by atoms with Crippen LogP contribution in [-0.4, -0.2) is 21.0 Å². The smallest absolute Gasteiger partial charge is 0.406 e. The van der Waals surface area contributed by atoms with Crippen LogP contribution in [0, 0.1) is 6.92 Å². The van der Waals surface area contributed by atoms with Crippen LogP contribution in [0.2, 0.25) is 0 Å². The van der Waals surface area contributed by atoms with Crippen LogP contribution in [0.25, 0.3) is 16.8 Å². The Labute approximate surface area is 136 Å². The molecule has 25 heavy (non-hydrogen) atoms. The summed E-state index contributed by atoms with van der Waals surface area (Å²) in [5.74, 6) is -1.59. The molecule has 0 aliphatic heterocycles.